The summed E-state index contributed by atoms with van der Waals surface area (Å²) in [5.74, 6) is 3.32. The van der Waals surface area contributed by atoms with Gasteiger partial charge in [0.15, 0.2) is 5.96 Å². The molecular formula is C16H26IN7O. The van der Waals surface area contributed by atoms with Crippen LogP contribution in [0, 0.1) is 0 Å². The SMILES string of the molecule is CN=C(NCc1ncc(C(C)(C)C)o1)NC1CCc2ncnn2C1.I. The topological polar surface area (TPSA) is 93.2 Å². The van der Waals surface area contributed by atoms with E-state index in [9.17, 15) is 0 Å². The van der Waals surface area contributed by atoms with Crippen LogP contribution in [-0.2, 0) is 24.9 Å². The lowest BCUT2D eigenvalue weighted by Gasteiger charge is -2.25. The summed E-state index contributed by atoms with van der Waals surface area (Å²) >= 11 is 0. The second-order valence-corrected chi connectivity index (χ2v) is 7.03. The number of hydrogen-bond donors (Lipinski definition) is 2. The number of oxazole rings is 1. The molecule has 0 saturated carbocycles. The van der Waals surface area contributed by atoms with Crippen molar-refractivity contribution in [2.24, 2.45) is 4.99 Å². The number of nitrogens with one attached hydrogen (secondary N) is 2. The van der Waals surface area contributed by atoms with E-state index in [4.69, 9.17) is 4.42 Å². The van der Waals surface area contributed by atoms with Crippen molar-refractivity contribution in [2.75, 3.05) is 7.05 Å². The van der Waals surface area contributed by atoms with Crippen molar-refractivity contribution >= 4 is 29.9 Å². The smallest absolute Gasteiger partial charge is 0.213 e. The summed E-state index contributed by atoms with van der Waals surface area (Å²) in [7, 11) is 1.76. The number of halogens is 1. The first-order valence-corrected chi connectivity index (χ1v) is 8.25. The van der Waals surface area contributed by atoms with Gasteiger partial charge in [0.05, 0.1) is 19.3 Å². The molecule has 0 radical (unpaired) electrons. The zero-order chi connectivity index (χ0) is 17.2. The fraction of sp³-hybridized carbons (Fsp3) is 0.625. The molecule has 0 aliphatic carbocycles. The second kappa shape index (κ2) is 8.15. The van der Waals surface area contributed by atoms with E-state index in [1.54, 1.807) is 19.6 Å². The quantitative estimate of drug-likeness (QED) is 0.414. The Kier molecular flexibility index (Phi) is 6.42. The van der Waals surface area contributed by atoms with E-state index >= 15 is 0 Å². The molecule has 0 bridgehead atoms. The number of guanidine groups is 1. The molecule has 0 spiro atoms. The van der Waals surface area contributed by atoms with Crippen LogP contribution < -0.4 is 10.6 Å². The van der Waals surface area contributed by atoms with E-state index < -0.39 is 0 Å². The highest BCUT2D eigenvalue weighted by Crippen LogP contribution is 2.22. The van der Waals surface area contributed by atoms with Crippen LogP contribution in [0.25, 0.3) is 0 Å². The third-order valence-corrected chi connectivity index (χ3v) is 4.07. The normalized spacial score (nSPS) is 17.6. The van der Waals surface area contributed by atoms with Crippen molar-refractivity contribution < 1.29 is 4.42 Å². The van der Waals surface area contributed by atoms with E-state index in [1.807, 2.05) is 4.68 Å². The Hall–Kier alpha value is -1.65. The molecule has 1 aliphatic rings. The summed E-state index contributed by atoms with van der Waals surface area (Å²) in [5.41, 5.74) is -0.0389. The molecule has 0 aromatic carbocycles. The molecule has 0 fully saturated rings. The first-order valence-electron chi connectivity index (χ1n) is 8.25. The predicted octanol–water partition coefficient (Wildman–Crippen LogP) is 1.86. The van der Waals surface area contributed by atoms with Gasteiger partial charge in [-0.15, -0.1) is 24.0 Å². The number of rotatable bonds is 3. The zero-order valence-electron chi connectivity index (χ0n) is 15.1. The molecule has 0 amide bonds. The Balaban J connectivity index is 0.00000225. The molecule has 1 atom stereocenters. The number of aliphatic imine (C=N–C) groups is 1. The van der Waals surface area contributed by atoms with Gasteiger partial charge in [-0.3, -0.25) is 4.99 Å². The van der Waals surface area contributed by atoms with Gasteiger partial charge in [-0.1, -0.05) is 20.8 Å². The van der Waals surface area contributed by atoms with E-state index in [0.29, 0.717) is 12.4 Å². The van der Waals surface area contributed by atoms with Crippen molar-refractivity contribution in [3.8, 4) is 0 Å². The van der Waals surface area contributed by atoms with Gasteiger partial charge in [-0.2, -0.15) is 5.10 Å². The third-order valence-electron chi connectivity index (χ3n) is 4.07. The van der Waals surface area contributed by atoms with E-state index in [-0.39, 0.29) is 35.4 Å². The summed E-state index contributed by atoms with van der Waals surface area (Å²) in [5, 5.41) is 10.9. The molecule has 0 saturated heterocycles. The highest BCUT2D eigenvalue weighted by Gasteiger charge is 2.21. The van der Waals surface area contributed by atoms with Gasteiger partial charge < -0.3 is 15.1 Å². The van der Waals surface area contributed by atoms with Crippen molar-refractivity contribution in [3.63, 3.8) is 0 Å². The lowest BCUT2D eigenvalue weighted by atomic mass is 9.94. The maximum atomic E-state index is 5.79. The average molecular weight is 459 g/mol. The molecular weight excluding hydrogens is 433 g/mol. The summed E-state index contributed by atoms with van der Waals surface area (Å²) in [6.07, 6.45) is 5.33. The monoisotopic (exact) mass is 459 g/mol. The second-order valence-electron chi connectivity index (χ2n) is 7.03. The minimum absolute atomic E-state index is 0. The van der Waals surface area contributed by atoms with Crippen LogP contribution in [0.3, 0.4) is 0 Å². The Labute approximate surface area is 164 Å². The van der Waals surface area contributed by atoms with Gasteiger partial charge in [0.1, 0.15) is 17.9 Å². The zero-order valence-corrected chi connectivity index (χ0v) is 17.4. The van der Waals surface area contributed by atoms with Gasteiger partial charge in [0.2, 0.25) is 5.89 Å². The third kappa shape index (κ3) is 4.93. The lowest BCUT2D eigenvalue weighted by Crippen LogP contribution is -2.46. The largest absolute Gasteiger partial charge is 0.443 e. The highest BCUT2D eigenvalue weighted by atomic mass is 127. The van der Waals surface area contributed by atoms with Crippen LogP contribution in [0.2, 0.25) is 0 Å². The Bertz CT molecular complexity index is 716. The highest BCUT2D eigenvalue weighted by molar-refractivity contribution is 14.0. The maximum Gasteiger partial charge on any atom is 0.213 e. The van der Waals surface area contributed by atoms with E-state index in [0.717, 1.165) is 36.9 Å². The predicted molar refractivity (Wildman–Crippen MR) is 106 cm³/mol. The molecule has 2 N–H and O–H groups in total. The summed E-state index contributed by atoms with van der Waals surface area (Å²) in [4.78, 5) is 12.8. The standard InChI is InChI=1S/C16H25N7O.HI/c1-16(2,3)12-7-18-14(24-12)8-19-15(17-4)22-11-5-6-13-20-10-21-23(13)9-11;/h7,10-11H,5-6,8-9H2,1-4H3,(H2,17,19,22);1H. The summed E-state index contributed by atoms with van der Waals surface area (Å²) < 4.78 is 7.73. The van der Waals surface area contributed by atoms with Gasteiger partial charge in [-0.25, -0.2) is 14.6 Å². The number of nitrogens with zero attached hydrogens (tertiary/aromatic N) is 5. The molecule has 9 heteroatoms. The summed E-state index contributed by atoms with van der Waals surface area (Å²) in [6.45, 7) is 7.60. The van der Waals surface area contributed by atoms with Crippen LogP contribution in [-0.4, -0.2) is 38.8 Å². The van der Waals surface area contributed by atoms with Crippen molar-refractivity contribution in [3.05, 3.63) is 30.0 Å². The molecule has 3 heterocycles. The van der Waals surface area contributed by atoms with Crippen LogP contribution in [0.15, 0.2) is 21.9 Å². The minimum atomic E-state index is -0.0389. The summed E-state index contributed by atoms with van der Waals surface area (Å²) in [6, 6.07) is 0.278. The molecule has 2 aromatic rings. The molecule has 3 rings (SSSR count). The molecule has 1 aliphatic heterocycles. The number of hydrogen-bond acceptors (Lipinski definition) is 5. The molecule has 138 valence electrons. The molecule has 2 aromatic heterocycles. The first-order chi connectivity index (χ1) is 11.5. The van der Waals surface area contributed by atoms with Crippen LogP contribution in [0.5, 0.6) is 0 Å². The number of aromatic nitrogens is 4. The molecule has 8 nitrogen and oxygen atoms in total. The average Bonchev–Trinajstić information content (AvgIpc) is 3.19. The van der Waals surface area contributed by atoms with Gasteiger partial charge in [0, 0.05) is 24.9 Å². The minimum Gasteiger partial charge on any atom is -0.443 e. The Morgan fingerprint density at radius 3 is 2.88 bits per heavy atom. The van der Waals surface area contributed by atoms with Crippen LogP contribution in [0.4, 0.5) is 0 Å². The lowest BCUT2D eigenvalue weighted by molar-refractivity contribution is 0.376. The molecule has 1 unspecified atom stereocenters. The van der Waals surface area contributed by atoms with Crippen LogP contribution >= 0.6 is 24.0 Å². The fourth-order valence-corrected chi connectivity index (χ4v) is 2.64. The van der Waals surface area contributed by atoms with E-state index in [1.165, 1.54) is 0 Å². The van der Waals surface area contributed by atoms with Crippen molar-refractivity contribution in [1.29, 1.82) is 0 Å². The number of fused-ring (bicyclic) bond motifs is 1. The van der Waals surface area contributed by atoms with E-state index in [2.05, 4.69) is 51.5 Å². The fourth-order valence-electron chi connectivity index (χ4n) is 2.64. The van der Waals surface area contributed by atoms with Gasteiger partial charge >= 0.3 is 0 Å². The Morgan fingerprint density at radius 1 is 1.40 bits per heavy atom. The number of aryl methyl sites for hydroxylation is 1. The first kappa shape index (κ1) is 19.7. The van der Waals surface area contributed by atoms with Gasteiger partial charge in [0.25, 0.3) is 0 Å². The van der Waals surface area contributed by atoms with Crippen LogP contribution in [0.1, 0.15) is 44.7 Å². The maximum absolute atomic E-state index is 5.79. The van der Waals surface area contributed by atoms with Crippen molar-refractivity contribution in [1.82, 2.24) is 30.4 Å². The molecule has 25 heavy (non-hydrogen) atoms. The van der Waals surface area contributed by atoms with Gasteiger partial charge in [-0.05, 0) is 6.42 Å². The van der Waals surface area contributed by atoms with Crippen molar-refractivity contribution in [2.45, 2.75) is 58.2 Å². The Morgan fingerprint density at radius 2 is 2.20 bits per heavy atom.